The minimum atomic E-state index is -0.178. The van der Waals surface area contributed by atoms with Gasteiger partial charge in [-0.25, -0.2) is 0 Å². The summed E-state index contributed by atoms with van der Waals surface area (Å²) >= 11 is 0. The molecule has 0 atom stereocenters. The van der Waals surface area contributed by atoms with E-state index in [0.29, 0.717) is 30.8 Å². The predicted octanol–water partition coefficient (Wildman–Crippen LogP) is 3.82. The molecule has 0 saturated carbocycles. The Labute approximate surface area is 164 Å². The minimum Gasteiger partial charge on any atom is -0.348 e. The Morgan fingerprint density at radius 1 is 0.821 bits per heavy atom. The third-order valence-corrected chi connectivity index (χ3v) is 5.09. The number of carbonyl (C=O) groups is 2. The molecule has 0 radical (unpaired) electrons. The molecule has 4 heteroatoms. The van der Waals surface area contributed by atoms with E-state index in [1.807, 2.05) is 47.4 Å². The van der Waals surface area contributed by atoms with Gasteiger partial charge in [0.2, 0.25) is 0 Å². The van der Waals surface area contributed by atoms with Crippen LogP contribution in [0.15, 0.2) is 78.9 Å². The third kappa shape index (κ3) is 3.96. The second-order valence-corrected chi connectivity index (χ2v) is 6.99. The third-order valence-electron chi connectivity index (χ3n) is 5.09. The summed E-state index contributed by atoms with van der Waals surface area (Å²) in [4.78, 5) is 27.3. The van der Waals surface area contributed by atoms with Gasteiger partial charge in [0.1, 0.15) is 0 Å². The van der Waals surface area contributed by atoms with E-state index >= 15 is 0 Å². The smallest absolute Gasteiger partial charge is 0.254 e. The zero-order valence-electron chi connectivity index (χ0n) is 15.6. The molecular formula is C24H22N2O2. The van der Waals surface area contributed by atoms with Gasteiger partial charge < -0.3 is 10.2 Å². The topological polar surface area (TPSA) is 49.4 Å². The lowest BCUT2D eigenvalue weighted by molar-refractivity contribution is 0.0734. The van der Waals surface area contributed by atoms with E-state index < -0.39 is 0 Å². The van der Waals surface area contributed by atoms with Gasteiger partial charge in [0, 0.05) is 30.8 Å². The SMILES string of the molecule is O=C(NCc1ccccc1)c1cccc(C(=O)N2CCc3ccccc3C2)c1. The molecule has 4 rings (SSSR count). The van der Waals surface area contributed by atoms with Crippen molar-refractivity contribution in [3.8, 4) is 0 Å². The summed E-state index contributed by atoms with van der Waals surface area (Å²) in [6.07, 6.45) is 0.860. The lowest BCUT2D eigenvalue weighted by atomic mass is 9.99. The number of carbonyl (C=O) groups excluding carboxylic acids is 2. The molecule has 3 aromatic rings. The fraction of sp³-hybridized carbons (Fsp3) is 0.167. The number of nitrogens with one attached hydrogen (secondary N) is 1. The van der Waals surface area contributed by atoms with Crippen LogP contribution in [0.25, 0.3) is 0 Å². The Balaban J connectivity index is 1.44. The standard InChI is InChI=1S/C24H22N2O2/c27-23(25-16-18-7-2-1-3-8-18)20-11-6-12-21(15-20)24(28)26-14-13-19-9-4-5-10-22(19)17-26/h1-12,15H,13-14,16-17H2,(H,25,27). The second kappa shape index (κ2) is 8.09. The summed E-state index contributed by atoms with van der Waals surface area (Å²) in [5, 5.41) is 2.91. The molecule has 0 unspecified atom stereocenters. The molecule has 1 heterocycles. The summed E-state index contributed by atoms with van der Waals surface area (Å²) in [5.41, 5.74) is 4.58. The molecule has 0 aromatic heterocycles. The lowest BCUT2D eigenvalue weighted by Gasteiger charge is -2.29. The number of fused-ring (bicyclic) bond motifs is 1. The van der Waals surface area contributed by atoms with Gasteiger partial charge >= 0.3 is 0 Å². The van der Waals surface area contributed by atoms with E-state index in [9.17, 15) is 9.59 Å². The van der Waals surface area contributed by atoms with Crippen molar-refractivity contribution < 1.29 is 9.59 Å². The summed E-state index contributed by atoms with van der Waals surface area (Å²) in [7, 11) is 0. The highest BCUT2D eigenvalue weighted by Gasteiger charge is 2.22. The fourth-order valence-electron chi connectivity index (χ4n) is 3.53. The first kappa shape index (κ1) is 18.0. The molecule has 1 aliphatic rings. The number of benzene rings is 3. The van der Waals surface area contributed by atoms with Crippen molar-refractivity contribution in [1.29, 1.82) is 0 Å². The van der Waals surface area contributed by atoms with Crippen molar-refractivity contribution in [2.45, 2.75) is 19.5 Å². The van der Waals surface area contributed by atoms with Crippen molar-refractivity contribution in [1.82, 2.24) is 10.2 Å². The first-order valence-electron chi connectivity index (χ1n) is 9.49. The van der Waals surface area contributed by atoms with Gasteiger partial charge in [-0.15, -0.1) is 0 Å². The van der Waals surface area contributed by atoms with E-state index in [-0.39, 0.29) is 11.8 Å². The van der Waals surface area contributed by atoms with Crippen LogP contribution in [0.1, 0.15) is 37.4 Å². The molecule has 2 amide bonds. The van der Waals surface area contributed by atoms with Gasteiger partial charge in [-0.2, -0.15) is 0 Å². The lowest BCUT2D eigenvalue weighted by Crippen LogP contribution is -2.36. The maximum atomic E-state index is 13.0. The minimum absolute atomic E-state index is 0.0350. The van der Waals surface area contributed by atoms with E-state index in [1.165, 1.54) is 11.1 Å². The molecule has 0 bridgehead atoms. The Kier molecular flexibility index (Phi) is 5.20. The molecule has 140 valence electrons. The maximum Gasteiger partial charge on any atom is 0.254 e. The molecule has 4 nitrogen and oxygen atoms in total. The normalized spacial score (nSPS) is 12.9. The summed E-state index contributed by atoms with van der Waals surface area (Å²) in [6, 6.07) is 25.0. The Morgan fingerprint density at radius 2 is 1.54 bits per heavy atom. The zero-order chi connectivity index (χ0) is 19.3. The molecule has 28 heavy (non-hydrogen) atoms. The van der Waals surface area contributed by atoms with Gasteiger partial charge in [0.25, 0.3) is 11.8 Å². The van der Waals surface area contributed by atoms with Crippen molar-refractivity contribution >= 4 is 11.8 Å². The molecule has 3 aromatic carbocycles. The Bertz CT molecular complexity index is 998. The van der Waals surface area contributed by atoms with E-state index in [4.69, 9.17) is 0 Å². The monoisotopic (exact) mass is 370 g/mol. The molecule has 0 spiro atoms. The highest BCUT2D eigenvalue weighted by atomic mass is 16.2. The van der Waals surface area contributed by atoms with Gasteiger partial charge in [-0.3, -0.25) is 9.59 Å². The van der Waals surface area contributed by atoms with Crippen LogP contribution in [0.4, 0.5) is 0 Å². The van der Waals surface area contributed by atoms with Crippen molar-refractivity contribution in [3.05, 3.63) is 107 Å². The van der Waals surface area contributed by atoms with Gasteiger partial charge in [-0.1, -0.05) is 60.7 Å². The van der Waals surface area contributed by atoms with Crippen molar-refractivity contribution in [3.63, 3.8) is 0 Å². The second-order valence-electron chi connectivity index (χ2n) is 6.99. The number of amides is 2. The van der Waals surface area contributed by atoms with E-state index in [1.54, 1.807) is 24.3 Å². The highest BCUT2D eigenvalue weighted by molar-refractivity contribution is 5.99. The molecule has 0 aliphatic carbocycles. The van der Waals surface area contributed by atoms with Crippen LogP contribution in [0.5, 0.6) is 0 Å². The number of nitrogens with zero attached hydrogens (tertiary/aromatic N) is 1. The number of hydrogen-bond acceptors (Lipinski definition) is 2. The van der Waals surface area contributed by atoms with Crippen molar-refractivity contribution in [2.24, 2.45) is 0 Å². The van der Waals surface area contributed by atoms with E-state index in [2.05, 4.69) is 17.4 Å². The Morgan fingerprint density at radius 3 is 2.36 bits per heavy atom. The van der Waals surface area contributed by atoms with Crippen LogP contribution in [-0.2, 0) is 19.5 Å². The van der Waals surface area contributed by atoms with Crippen LogP contribution >= 0.6 is 0 Å². The molecule has 0 saturated heterocycles. The van der Waals surface area contributed by atoms with E-state index in [0.717, 1.165) is 12.0 Å². The van der Waals surface area contributed by atoms with Gasteiger partial charge in [0.05, 0.1) is 0 Å². The molecular weight excluding hydrogens is 348 g/mol. The Hall–Kier alpha value is -3.40. The molecule has 1 aliphatic heterocycles. The fourth-order valence-corrected chi connectivity index (χ4v) is 3.53. The van der Waals surface area contributed by atoms with Gasteiger partial charge in [-0.05, 0) is 41.3 Å². The number of hydrogen-bond donors (Lipinski definition) is 1. The zero-order valence-corrected chi connectivity index (χ0v) is 15.6. The van der Waals surface area contributed by atoms with Gasteiger partial charge in [0.15, 0.2) is 0 Å². The molecule has 1 N–H and O–H groups in total. The summed E-state index contributed by atoms with van der Waals surface area (Å²) in [5.74, 6) is -0.213. The average Bonchev–Trinajstić information content (AvgIpc) is 2.77. The summed E-state index contributed by atoms with van der Waals surface area (Å²) < 4.78 is 0. The average molecular weight is 370 g/mol. The largest absolute Gasteiger partial charge is 0.348 e. The van der Waals surface area contributed by atoms with Crippen molar-refractivity contribution in [2.75, 3.05) is 6.54 Å². The maximum absolute atomic E-state index is 13.0. The summed E-state index contributed by atoms with van der Waals surface area (Å²) in [6.45, 7) is 1.76. The molecule has 0 fully saturated rings. The van der Waals surface area contributed by atoms with Crippen LogP contribution < -0.4 is 5.32 Å². The van der Waals surface area contributed by atoms with Crippen LogP contribution in [-0.4, -0.2) is 23.3 Å². The first-order valence-corrected chi connectivity index (χ1v) is 9.49. The highest BCUT2D eigenvalue weighted by Crippen LogP contribution is 2.20. The number of rotatable bonds is 4. The van der Waals surface area contributed by atoms with Crippen LogP contribution in [0.2, 0.25) is 0 Å². The van der Waals surface area contributed by atoms with Crippen LogP contribution in [0.3, 0.4) is 0 Å². The van der Waals surface area contributed by atoms with Crippen LogP contribution in [0, 0.1) is 0 Å². The first-order chi connectivity index (χ1) is 13.7. The quantitative estimate of drug-likeness (QED) is 0.759. The predicted molar refractivity (Wildman–Crippen MR) is 109 cm³/mol.